The largest absolute Gasteiger partial charge is 0.478 e. The van der Waals surface area contributed by atoms with Crippen molar-refractivity contribution in [3.8, 4) is 11.3 Å². The van der Waals surface area contributed by atoms with E-state index in [0.717, 1.165) is 11.3 Å². The molecule has 0 aliphatic heterocycles. The van der Waals surface area contributed by atoms with Crippen LogP contribution >= 0.6 is 0 Å². The van der Waals surface area contributed by atoms with Gasteiger partial charge in [-0.25, -0.2) is 4.79 Å². The smallest absolute Gasteiger partial charge is 0.339 e. The van der Waals surface area contributed by atoms with Gasteiger partial charge >= 0.3 is 5.97 Å². The van der Waals surface area contributed by atoms with Gasteiger partial charge < -0.3 is 20.7 Å². The Balaban J connectivity index is 2.48. The zero-order chi connectivity index (χ0) is 14.2. The number of nitrogen functional groups attached to an aromatic ring is 1. The lowest BCUT2D eigenvalue weighted by Gasteiger charge is -2.12. The molecule has 0 fully saturated rings. The maximum atomic E-state index is 11.1. The van der Waals surface area contributed by atoms with Crippen molar-refractivity contribution in [2.24, 2.45) is 0 Å². The number of carbonyl (C=O) groups is 1. The number of carboxylic acids is 1. The van der Waals surface area contributed by atoms with Gasteiger partial charge in [0.05, 0.1) is 11.4 Å². The van der Waals surface area contributed by atoms with E-state index in [2.05, 4.69) is 4.98 Å². The van der Waals surface area contributed by atoms with Crippen LogP contribution < -0.4 is 10.6 Å². The molecule has 0 saturated heterocycles. The Kier molecular flexibility index (Phi) is 3.21. The third-order valence-corrected chi connectivity index (χ3v) is 3.11. The molecule has 0 radical (unpaired) electrons. The fraction of sp³-hybridized carbons (Fsp3) is 0.214. The van der Waals surface area contributed by atoms with Crippen molar-refractivity contribution in [1.82, 2.24) is 4.98 Å². The molecule has 0 saturated carbocycles. The summed E-state index contributed by atoms with van der Waals surface area (Å²) < 4.78 is 0. The van der Waals surface area contributed by atoms with E-state index in [1.807, 2.05) is 43.3 Å². The lowest BCUT2D eigenvalue weighted by molar-refractivity contribution is 0.0697. The van der Waals surface area contributed by atoms with Gasteiger partial charge in [-0.05, 0) is 19.1 Å². The molecule has 4 N–H and O–H groups in total. The summed E-state index contributed by atoms with van der Waals surface area (Å²) in [6, 6.07) is 7.77. The first-order valence-corrected chi connectivity index (χ1v) is 5.91. The number of nitrogens with zero attached hydrogens (tertiary/aromatic N) is 1. The first-order chi connectivity index (χ1) is 8.91. The molecule has 0 amide bonds. The van der Waals surface area contributed by atoms with Crippen LogP contribution in [0, 0.1) is 6.92 Å². The van der Waals surface area contributed by atoms with Crippen molar-refractivity contribution >= 4 is 17.3 Å². The van der Waals surface area contributed by atoms with Crippen LogP contribution in [0.5, 0.6) is 0 Å². The zero-order valence-corrected chi connectivity index (χ0v) is 11.2. The van der Waals surface area contributed by atoms with E-state index in [-0.39, 0.29) is 11.3 Å². The average Bonchev–Trinajstić information content (AvgIpc) is 2.65. The van der Waals surface area contributed by atoms with Crippen LogP contribution in [-0.2, 0) is 0 Å². The van der Waals surface area contributed by atoms with E-state index in [0.29, 0.717) is 11.4 Å². The van der Waals surface area contributed by atoms with Crippen LogP contribution in [0.15, 0.2) is 24.3 Å². The number of aryl methyl sites for hydroxylation is 1. The van der Waals surface area contributed by atoms with Crippen molar-refractivity contribution in [3.63, 3.8) is 0 Å². The monoisotopic (exact) mass is 259 g/mol. The molecule has 0 atom stereocenters. The van der Waals surface area contributed by atoms with Crippen molar-refractivity contribution in [2.75, 3.05) is 24.7 Å². The Morgan fingerprint density at radius 2 is 1.84 bits per heavy atom. The molecule has 1 aromatic heterocycles. The quantitative estimate of drug-likeness (QED) is 0.790. The minimum Gasteiger partial charge on any atom is -0.478 e. The van der Waals surface area contributed by atoms with Gasteiger partial charge in [0.2, 0.25) is 0 Å². The number of aromatic nitrogens is 1. The molecule has 19 heavy (non-hydrogen) atoms. The number of benzene rings is 1. The molecule has 5 heteroatoms. The van der Waals surface area contributed by atoms with Gasteiger partial charge in [-0.1, -0.05) is 12.1 Å². The number of aromatic carboxylic acids is 1. The highest BCUT2D eigenvalue weighted by atomic mass is 16.4. The minimum absolute atomic E-state index is 0.145. The molecule has 0 aliphatic carbocycles. The third-order valence-electron chi connectivity index (χ3n) is 3.11. The second-order valence-corrected chi connectivity index (χ2v) is 4.66. The van der Waals surface area contributed by atoms with Gasteiger partial charge in [-0.3, -0.25) is 0 Å². The van der Waals surface area contributed by atoms with Crippen LogP contribution in [0.3, 0.4) is 0 Å². The summed E-state index contributed by atoms with van der Waals surface area (Å²) in [5, 5.41) is 9.12. The van der Waals surface area contributed by atoms with E-state index < -0.39 is 5.97 Å². The standard InChI is InChI=1S/C14H17N3O2/c1-8-11(14(18)19)12(15)13(16-8)9-4-6-10(7-5-9)17(2)3/h4-7,16H,15H2,1-3H3,(H,18,19). The lowest BCUT2D eigenvalue weighted by Crippen LogP contribution is -2.07. The topological polar surface area (TPSA) is 82.3 Å². The number of nitrogens with two attached hydrogens (primary N) is 1. The number of hydrogen-bond acceptors (Lipinski definition) is 3. The summed E-state index contributed by atoms with van der Waals surface area (Å²) in [5.41, 5.74) is 9.50. The molecule has 2 rings (SSSR count). The molecule has 2 aromatic rings. The zero-order valence-electron chi connectivity index (χ0n) is 11.2. The summed E-state index contributed by atoms with van der Waals surface area (Å²) in [6.07, 6.45) is 0. The molecule has 0 aliphatic rings. The molecule has 1 aromatic carbocycles. The average molecular weight is 259 g/mol. The van der Waals surface area contributed by atoms with Crippen LogP contribution in [0.1, 0.15) is 16.1 Å². The highest BCUT2D eigenvalue weighted by Crippen LogP contribution is 2.31. The predicted octanol–water partition coefficient (Wildman–Crippen LogP) is 2.34. The number of anilines is 2. The van der Waals surface area contributed by atoms with Crippen molar-refractivity contribution < 1.29 is 9.90 Å². The van der Waals surface area contributed by atoms with E-state index in [1.165, 1.54) is 0 Å². The molecule has 1 heterocycles. The van der Waals surface area contributed by atoms with Crippen LogP contribution in [0.4, 0.5) is 11.4 Å². The van der Waals surface area contributed by atoms with Crippen LogP contribution in [-0.4, -0.2) is 30.2 Å². The van der Waals surface area contributed by atoms with Crippen LogP contribution in [0.25, 0.3) is 11.3 Å². The number of hydrogen-bond donors (Lipinski definition) is 3. The Hall–Kier alpha value is -2.43. The molecule has 0 spiro atoms. The SMILES string of the molecule is Cc1[nH]c(-c2ccc(N(C)C)cc2)c(N)c1C(=O)O. The lowest BCUT2D eigenvalue weighted by atomic mass is 10.1. The summed E-state index contributed by atoms with van der Waals surface area (Å²) >= 11 is 0. The fourth-order valence-electron chi connectivity index (χ4n) is 2.07. The van der Waals surface area contributed by atoms with Gasteiger partial charge in [-0.2, -0.15) is 0 Å². The van der Waals surface area contributed by atoms with E-state index in [1.54, 1.807) is 6.92 Å². The molecule has 100 valence electrons. The molecular formula is C14H17N3O2. The van der Waals surface area contributed by atoms with Gasteiger partial charge in [0.1, 0.15) is 5.56 Å². The highest BCUT2D eigenvalue weighted by Gasteiger charge is 2.19. The van der Waals surface area contributed by atoms with E-state index in [4.69, 9.17) is 10.8 Å². The Morgan fingerprint density at radius 1 is 1.26 bits per heavy atom. The number of carboxylic acid groups (broad SMARTS) is 1. The van der Waals surface area contributed by atoms with Crippen molar-refractivity contribution in [1.29, 1.82) is 0 Å². The third kappa shape index (κ3) is 2.27. The normalized spacial score (nSPS) is 10.5. The Labute approximate surface area is 111 Å². The summed E-state index contributed by atoms with van der Waals surface area (Å²) in [5.74, 6) is -1.01. The number of H-pyrrole nitrogens is 1. The van der Waals surface area contributed by atoms with Crippen molar-refractivity contribution in [2.45, 2.75) is 6.92 Å². The first-order valence-electron chi connectivity index (χ1n) is 5.91. The summed E-state index contributed by atoms with van der Waals surface area (Å²) in [6.45, 7) is 1.71. The number of aromatic amines is 1. The molecule has 0 bridgehead atoms. The predicted molar refractivity (Wildman–Crippen MR) is 76.7 cm³/mol. The van der Waals surface area contributed by atoms with Gasteiger partial charge in [0.25, 0.3) is 0 Å². The van der Waals surface area contributed by atoms with Gasteiger partial charge in [-0.15, -0.1) is 0 Å². The molecule has 5 nitrogen and oxygen atoms in total. The van der Waals surface area contributed by atoms with Crippen LogP contribution in [0.2, 0.25) is 0 Å². The minimum atomic E-state index is -1.01. The fourth-order valence-corrected chi connectivity index (χ4v) is 2.07. The van der Waals surface area contributed by atoms with Crippen molar-refractivity contribution in [3.05, 3.63) is 35.5 Å². The van der Waals surface area contributed by atoms with Gasteiger partial charge in [0.15, 0.2) is 0 Å². The summed E-state index contributed by atoms with van der Waals surface area (Å²) in [7, 11) is 3.93. The maximum Gasteiger partial charge on any atom is 0.339 e. The van der Waals surface area contributed by atoms with E-state index in [9.17, 15) is 4.79 Å². The second-order valence-electron chi connectivity index (χ2n) is 4.66. The Bertz CT molecular complexity index is 612. The number of rotatable bonds is 3. The number of nitrogens with one attached hydrogen (secondary N) is 1. The Morgan fingerprint density at radius 3 is 2.26 bits per heavy atom. The first kappa shape index (κ1) is 13.0. The maximum absolute atomic E-state index is 11.1. The summed E-state index contributed by atoms with van der Waals surface area (Å²) in [4.78, 5) is 16.2. The van der Waals surface area contributed by atoms with E-state index >= 15 is 0 Å². The highest BCUT2D eigenvalue weighted by molar-refractivity contribution is 5.99. The van der Waals surface area contributed by atoms with Gasteiger partial charge in [0, 0.05) is 31.0 Å². The second kappa shape index (κ2) is 4.68. The molecule has 0 unspecified atom stereocenters. The molecular weight excluding hydrogens is 242 g/mol.